The molecule has 0 bridgehead atoms. The van der Waals surface area contributed by atoms with Gasteiger partial charge in [-0.05, 0) is 30.3 Å². The second kappa shape index (κ2) is 11.0. The number of amidine groups is 1. The number of benzene rings is 3. The minimum Gasteiger partial charge on any atom is -0.744 e. The van der Waals surface area contributed by atoms with Gasteiger partial charge in [0.05, 0.1) is 16.1 Å². The number of phenols is 1. The van der Waals surface area contributed by atoms with Gasteiger partial charge in [-0.25, -0.2) is 13.2 Å². The molecule has 3 aromatic rings. The molecule has 0 amide bonds. The summed E-state index contributed by atoms with van der Waals surface area (Å²) in [5.74, 6) is -1.52. The topological polar surface area (TPSA) is 164 Å². The predicted octanol–water partition coefficient (Wildman–Crippen LogP) is 0.556. The molecule has 3 rings (SSSR count). The molecule has 0 fully saturated rings. The molecule has 0 radical (unpaired) electrons. The van der Waals surface area contributed by atoms with Crippen molar-refractivity contribution in [1.29, 1.82) is 0 Å². The van der Waals surface area contributed by atoms with Gasteiger partial charge in [-0.15, -0.1) is 10.2 Å². The molecule has 32 heavy (non-hydrogen) atoms. The van der Waals surface area contributed by atoms with Gasteiger partial charge in [-0.2, -0.15) is 5.10 Å². The summed E-state index contributed by atoms with van der Waals surface area (Å²) in [6.07, 6.45) is 0. The van der Waals surface area contributed by atoms with Gasteiger partial charge >= 0.3 is 35.5 Å². The summed E-state index contributed by atoms with van der Waals surface area (Å²) in [7, 11) is -4.74. The SMILES string of the molecule is O=C(O)c1ccccc1N=N/C(=N\Nc1cc(S(=O)(=O)[O-])ccc1O)c1ccccc1.[Na+]. The fourth-order valence-corrected chi connectivity index (χ4v) is 2.95. The number of carboxylic acids is 1. The van der Waals surface area contributed by atoms with E-state index in [2.05, 4.69) is 20.8 Å². The summed E-state index contributed by atoms with van der Waals surface area (Å²) in [6.45, 7) is 0. The quantitative estimate of drug-likeness (QED) is 0.0916. The minimum atomic E-state index is -4.74. The minimum absolute atomic E-state index is 0. The second-order valence-electron chi connectivity index (χ2n) is 6.07. The monoisotopic (exact) mass is 462 g/mol. The molecule has 0 aromatic heterocycles. The summed E-state index contributed by atoms with van der Waals surface area (Å²) in [5, 5.41) is 31.2. The maximum Gasteiger partial charge on any atom is 1.00 e. The largest absolute Gasteiger partial charge is 1.00 e. The van der Waals surface area contributed by atoms with E-state index in [0.717, 1.165) is 18.2 Å². The molecule has 0 spiro atoms. The summed E-state index contributed by atoms with van der Waals surface area (Å²) < 4.78 is 33.7. The van der Waals surface area contributed by atoms with Crippen molar-refractivity contribution in [3.05, 3.63) is 83.9 Å². The maximum absolute atomic E-state index is 11.4. The number of anilines is 1. The van der Waals surface area contributed by atoms with E-state index in [0.29, 0.717) is 5.56 Å². The molecule has 0 unspecified atom stereocenters. The van der Waals surface area contributed by atoms with Gasteiger partial charge in [0.15, 0.2) is 0 Å². The van der Waals surface area contributed by atoms with Crippen molar-refractivity contribution in [3.63, 3.8) is 0 Å². The first kappa shape index (κ1) is 25.2. The molecular formula is C20H15N4NaO6S. The van der Waals surface area contributed by atoms with E-state index in [1.54, 1.807) is 42.5 Å². The van der Waals surface area contributed by atoms with Crippen LogP contribution in [0.15, 0.2) is 93.0 Å². The Labute approximate surface area is 205 Å². The number of phenolic OH excluding ortho intramolecular Hbond substituents is 1. The van der Waals surface area contributed by atoms with E-state index in [9.17, 15) is 28.0 Å². The zero-order valence-electron chi connectivity index (χ0n) is 16.7. The van der Waals surface area contributed by atoms with Crippen molar-refractivity contribution in [1.82, 2.24) is 0 Å². The van der Waals surface area contributed by atoms with Crippen LogP contribution < -0.4 is 35.0 Å². The number of carbonyl (C=O) groups is 1. The zero-order valence-corrected chi connectivity index (χ0v) is 19.5. The average molecular weight is 462 g/mol. The number of hydrazone groups is 1. The molecule has 0 aliphatic heterocycles. The Kier molecular flexibility index (Phi) is 8.63. The van der Waals surface area contributed by atoms with Crippen LogP contribution in [-0.2, 0) is 10.1 Å². The standard InChI is InChI=1S/C20H16N4O6S.Na/c25-18-11-10-14(31(28,29)30)12-17(18)22-24-19(13-6-2-1-3-7-13)23-21-16-9-5-4-8-15(16)20(26)27;/h1-12,22,25H,(H,26,27)(H,28,29,30);/q;+1/p-1/b23-21?,24-19-;. The number of aromatic hydroxyl groups is 1. The van der Waals surface area contributed by atoms with Gasteiger partial charge in [0.2, 0.25) is 5.84 Å². The summed E-state index contributed by atoms with van der Waals surface area (Å²) in [5.41, 5.74) is 2.85. The number of nitrogens with one attached hydrogen (secondary N) is 1. The third kappa shape index (κ3) is 6.45. The van der Waals surface area contributed by atoms with Crippen LogP contribution in [0.25, 0.3) is 0 Å². The van der Waals surface area contributed by atoms with Crippen LogP contribution in [-0.4, -0.2) is 35.0 Å². The number of nitrogens with zero attached hydrogens (tertiary/aromatic N) is 3. The van der Waals surface area contributed by atoms with Gasteiger partial charge in [0.25, 0.3) is 0 Å². The molecular weight excluding hydrogens is 447 g/mol. The van der Waals surface area contributed by atoms with E-state index in [-0.39, 0.29) is 58.1 Å². The molecule has 3 N–H and O–H groups in total. The van der Waals surface area contributed by atoms with Crippen molar-refractivity contribution in [2.75, 3.05) is 5.43 Å². The zero-order chi connectivity index (χ0) is 22.4. The van der Waals surface area contributed by atoms with Crippen molar-refractivity contribution in [2.45, 2.75) is 4.90 Å². The molecule has 12 heteroatoms. The van der Waals surface area contributed by atoms with Gasteiger partial charge in [-0.3, -0.25) is 5.43 Å². The number of carboxylic acid groups (broad SMARTS) is 1. The van der Waals surface area contributed by atoms with E-state index >= 15 is 0 Å². The predicted molar refractivity (Wildman–Crippen MR) is 111 cm³/mol. The van der Waals surface area contributed by atoms with Gasteiger partial charge in [-0.1, -0.05) is 42.5 Å². The fourth-order valence-electron chi connectivity index (χ4n) is 2.45. The molecule has 0 aliphatic carbocycles. The first-order chi connectivity index (χ1) is 14.8. The molecule has 0 saturated carbocycles. The van der Waals surface area contributed by atoms with Crippen molar-refractivity contribution < 1.29 is 57.5 Å². The summed E-state index contributed by atoms with van der Waals surface area (Å²) in [6, 6.07) is 17.5. The normalized spacial score (nSPS) is 11.7. The Morgan fingerprint density at radius 1 is 0.969 bits per heavy atom. The Morgan fingerprint density at radius 2 is 1.62 bits per heavy atom. The van der Waals surface area contributed by atoms with Crippen LogP contribution in [0.1, 0.15) is 15.9 Å². The number of hydrogen-bond donors (Lipinski definition) is 3. The Hall–Kier alpha value is -3.09. The fraction of sp³-hybridized carbons (Fsp3) is 0. The number of rotatable bonds is 6. The summed E-state index contributed by atoms with van der Waals surface area (Å²) >= 11 is 0. The smallest absolute Gasteiger partial charge is 0.744 e. The Morgan fingerprint density at radius 3 is 2.28 bits per heavy atom. The Bertz CT molecular complexity index is 1280. The maximum atomic E-state index is 11.4. The van der Waals surface area contributed by atoms with Crippen LogP contribution in [0.3, 0.4) is 0 Å². The van der Waals surface area contributed by atoms with Crippen molar-refractivity contribution >= 4 is 33.3 Å². The van der Waals surface area contributed by atoms with E-state index in [1.807, 2.05) is 0 Å². The van der Waals surface area contributed by atoms with Crippen molar-refractivity contribution in [2.24, 2.45) is 15.3 Å². The van der Waals surface area contributed by atoms with Gasteiger partial charge in [0, 0.05) is 5.56 Å². The van der Waals surface area contributed by atoms with Gasteiger partial charge < -0.3 is 14.8 Å². The van der Waals surface area contributed by atoms with E-state index in [1.165, 1.54) is 12.1 Å². The van der Waals surface area contributed by atoms with Crippen LogP contribution >= 0.6 is 0 Å². The van der Waals surface area contributed by atoms with Crippen LogP contribution in [0.4, 0.5) is 11.4 Å². The third-order valence-corrected chi connectivity index (χ3v) is 4.79. The Balaban J connectivity index is 0.00000363. The van der Waals surface area contributed by atoms with Crippen molar-refractivity contribution in [3.8, 4) is 5.75 Å². The van der Waals surface area contributed by atoms with Gasteiger partial charge in [0.1, 0.15) is 21.6 Å². The number of azo groups is 1. The molecule has 0 atom stereocenters. The molecule has 158 valence electrons. The van der Waals surface area contributed by atoms with Crippen LogP contribution in [0.2, 0.25) is 0 Å². The average Bonchev–Trinajstić information content (AvgIpc) is 2.75. The van der Waals surface area contributed by atoms with Crippen LogP contribution in [0, 0.1) is 0 Å². The molecule has 10 nitrogen and oxygen atoms in total. The first-order valence-corrected chi connectivity index (χ1v) is 10.1. The molecule has 0 saturated heterocycles. The molecule has 3 aromatic carbocycles. The number of aromatic carboxylic acids is 1. The van der Waals surface area contributed by atoms with E-state index in [4.69, 9.17) is 0 Å². The summed E-state index contributed by atoms with van der Waals surface area (Å²) in [4.78, 5) is 10.8. The number of hydrogen-bond acceptors (Lipinski definition) is 8. The molecule has 0 aliphatic rings. The molecule has 0 heterocycles. The van der Waals surface area contributed by atoms with E-state index < -0.39 is 21.0 Å². The first-order valence-electron chi connectivity index (χ1n) is 8.68. The third-order valence-electron chi connectivity index (χ3n) is 3.96. The van der Waals surface area contributed by atoms with Crippen LogP contribution in [0.5, 0.6) is 5.75 Å². The second-order valence-corrected chi connectivity index (χ2v) is 7.45.